The molecule has 30 heavy (non-hydrogen) atoms. The first-order valence-electron chi connectivity index (χ1n) is 9.33. The van der Waals surface area contributed by atoms with Gasteiger partial charge in [0.25, 0.3) is 5.91 Å². The van der Waals surface area contributed by atoms with E-state index in [2.05, 4.69) is 5.32 Å². The Morgan fingerprint density at radius 3 is 2.57 bits per heavy atom. The van der Waals surface area contributed by atoms with Gasteiger partial charge in [0.1, 0.15) is 18.1 Å². The molecular weight excluding hydrogens is 407 g/mol. The zero-order valence-electron chi connectivity index (χ0n) is 15.8. The van der Waals surface area contributed by atoms with E-state index in [1.807, 2.05) is 30.3 Å². The average Bonchev–Trinajstić information content (AvgIpc) is 2.89. The Balaban J connectivity index is 1.69. The third-order valence-electron chi connectivity index (χ3n) is 4.82. The number of amides is 2. The van der Waals surface area contributed by atoms with Crippen LogP contribution in [0, 0.1) is 5.82 Å². The number of nitrogens with one attached hydrogen (secondary N) is 1. The van der Waals surface area contributed by atoms with E-state index in [1.165, 1.54) is 23.1 Å². The van der Waals surface area contributed by atoms with Crippen molar-refractivity contribution < 1.29 is 18.7 Å². The van der Waals surface area contributed by atoms with Crippen molar-refractivity contribution in [1.29, 1.82) is 0 Å². The van der Waals surface area contributed by atoms with Crippen molar-refractivity contribution in [2.24, 2.45) is 0 Å². The summed E-state index contributed by atoms with van der Waals surface area (Å²) in [6.45, 7) is -0.457. The molecule has 3 aromatic rings. The third kappa shape index (κ3) is 4.28. The van der Waals surface area contributed by atoms with E-state index >= 15 is 0 Å². The van der Waals surface area contributed by atoms with Crippen molar-refractivity contribution in [2.45, 2.75) is 6.04 Å². The molecule has 7 heteroatoms. The van der Waals surface area contributed by atoms with Gasteiger partial charge in [0.15, 0.2) is 6.61 Å². The molecule has 5 nitrogen and oxygen atoms in total. The quantitative estimate of drug-likeness (QED) is 0.674. The largest absolute Gasteiger partial charge is 0.484 e. The van der Waals surface area contributed by atoms with E-state index in [1.54, 1.807) is 24.3 Å². The fourth-order valence-electron chi connectivity index (χ4n) is 3.46. The highest BCUT2D eigenvalue weighted by Gasteiger charge is 2.33. The fourth-order valence-corrected chi connectivity index (χ4v) is 3.59. The van der Waals surface area contributed by atoms with E-state index in [4.69, 9.17) is 16.3 Å². The zero-order chi connectivity index (χ0) is 21.1. The molecular formula is C23H18ClFN2O3. The van der Waals surface area contributed by atoms with Crippen LogP contribution in [0.2, 0.25) is 5.02 Å². The van der Waals surface area contributed by atoms with Crippen molar-refractivity contribution in [3.8, 4) is 5.75 Å². The van der Waals surface area contributed by atoms with Crippen LogP contribution in [0.25, 0.3) is 0 Å². The van der Waals surface area contributed by atoms with Gasteiger partial charge in [-0.2, -0.15) is 0 Å². The maximum absolute atomic E-state index is 14.1. The van der Waals surface area contributed by atoms with E-state index in [0.29, 0.717) is 22.0 Å². The van der Waals surface area contributed by atoms with Crippen LogP contribution in [0.4, 0.5) is 10.1 Å². The standard InChI is InChI=1S/C23H18ClFN2O3/c24-16-6-9-18(10-7-16)30-14-22(29)27-13-21(28)26-20-11-8-17(25)12-19(20)23(27)15-4-2-1-3-5-15/h1-12,23H,13-14H2,(H,26,28)/t23-/m0/s1. The average molecular weight is 425 g/mol. The molecule has 0 aromatic heterocycles. The van der Waals surface area contributed by atoms with Crippen molar-refractivity contribution in [1.82, 2.24) is 4.90 Å². The molecule has 0 spiro atoms. The lowest BCUT2D eigenvalue weighted by Crippen LogP contribution is -2.41. The number of carbonyl (C=O) groups is 2. The molecule has 0 fully saturated rings. The Labute approximate surface area is 178 Å². The summed E-state index contributed by atoms with van der Waals surface area (Å²) in [5.41, 5.74) is 1.75. The molecule has 1 atom stereocenters. The van der Waals surface area contributed by atoms with E-state index in [-0.39, 0.29) is 19.1 Å². The van der Waals surface area contributed by atoms with Gasteiger partial charge in [-0.25, -0.2) is 4.39 Å². The minimum atomic E-state index is -0.642. The summed E-state index contributed by atoms with van der Waals surface area (Å²) in [5, 5.41) is 3.32. The van der Waals surface area contributed by atoms with Crippen LogP contribution in [0.3, 0.4) is 0 Å². The van der Waals surface area contributed by atoms with Crippen molar-refractivity contribution in [3.05, 3.63) is 94.8 Å². The second kappa shape index (κ2) is 8.55. The molecule has 0 saturated carbocycles. The summed E-state index contributed by atoms with van der Waals surface area (Å²) < 4.78 is 19.7. The first-order chi connectivity index (χ1) is 14.5. The number of nitrogens with zero attached hydrogens (tertiary/aromatic N) is 1. The number of carbonyl (C=O) groups excluding carboxylic acids is 2. The van der Waals surface area contributed by atoms with E-state index < -0.39 is 17.8 Å². The molecule has 2 amide bonds. The van der Waals surface area contributed by atoms with Gasteiger partial charge in [-0.3, -0.25) is 9.59 Å². The minimum absolute atomic E-state index is 0.182. The van der Waals surface area contributed by atoms with Crippen LogP contribution >= 0.6 is 11.6 Å². The monoisotopic (exact) mass is 424 g/mol. The topological polar surface area (TPSA) is 58.6 Å². The summed E-state index contributed by atoms with van der Waals surface area (Å²) in [5.74, 6) is -0.724. The Morgan fingerprint density at radius 2 is 1.83 bits per heavy atom. The first-order valence-corrected chi connectivity index (χ1v) is 9.71. The highest BCUT2D eigenvalue weighted by Crippen LogP contribution is 2.36. The highest BCUT2D eigenvalue weighted by molar-refractivity contribution is 6.30. The van der Waals surface area contributed by atoms with Gasteiger partial charge in [0.2, 0.25) is 5.91 Å². The zero-order valence-corrected chi connectivity index (χ0v) is 16.6. The number of hydrogen-bond donors (Lipinski definition) is 1. The number of rotatable bonds is 4. The summed E-state index contributed by atoms with van der Waals surface area (Å²) in [6, 6.07) is 19.3. The number of benzene rings is 3. The van der Waals surface area contributed by atoms with Crippen LogP contribution in [0.5, 0.6) is 5.75 Å². The number of halogens is 2. The lowest BCUT2D eigenvalue weighted by molar-refractivity contribution is -0.138. The number of anilines is 1. The van der Waals surface area contributed by atoms with Crippen LogP contribution < -0.4 is 10.1 Å². The molecule has 0 aliphatic carbocycles. The van der Waals surface area contributed by atoms with E-state index in [9.17, 15) is 14.0 Å². The van der Waals surface area contributed by atoms with Gasteiger partial charge in [-0.1, -0.05) is 41.9 Å². The summed E-state index contributed by atoms with van der Waals surface area (Å²) >= 11 is 5.87. The van der Waals surface area contributed by atoms with Crippen LogP contribution in [0.1, 0.15) is 17.2 Å². The molecule has 4 rings (SSSR count). The summed E-state index contributed by atoms with van der Waals surface area (Å²) in [4.78, 5) is 27.0. The lowest BCUT2D eigenvalue weighted by Gasteiger charge is -2.30. The molecule has 0 unspecified atom stereocenters. The Morgan fingerprint density at radius 1 is 1.10 bits per heavy atom. The predicted molar refractivity (Wildman–Crippen MR) is 112 cm³/mol. The van der Waals surface area contributed by atoms with Crippen molar-refractivity contribution >= 4 is 29.1 Å². The lowest BCUT2D eigenvalue weighted by atomic mass is 9.95. The summed E-state index contributed by atoms with van der Waals surface area (Å²) in [6.07, 6.45) is 0. The Hall–Kier alpha value is -3.38. The predicted octanol–water partition coefficient (Wildman–Crippen LogP) is 4.43. The number of hydrogen-bond acceptors (Lipinski definition) is 3. The van der Waals surface area contributed by atoms with Gasteiger partial charge < -0.3 is 15.0 Å². The molecule has 0 bridgehead atoms. The first kappa shape index (κ1) is 19.9. The van der Waals surface area contributed by atoms with Gasteiger partial charge in [-0.05, 0) is 48.0 Å². The SMILES string of the molecule is O=C1CN(C(=O)COc2ccc(Cl)cc2)[C@@H](c2ccccc2)c2cc(F)ccc2N1. The third-order valence-corrected chi connectivity index (χ3v) is 5.07. The van der Waals surface area contributed by atoms with Gasteiger partial charge >= 0.3 is 0 Å². The van der Waals surface area contributed by atoms with Gasteiger partial charge in [-0.15, -0.1) is 0 Å². The van der Waals surface area contributed by atoms with Gasteiger partial charge in [0.05, 0.1) is 6.04 Å². The molecule has 1 N–H and O–H groups in total. The maximum Gasteiger partial charge on any atom is 0.261 e. The minimum Gasteiger partial charge on any atom is -0.484 e. The Kier molecular flexibility index (Phi) is 5.68. The second-order valence-corrected chi connectivity index (χ2v) is 7.29. The van der Waals surface area contributed by atoms with Crippen molar-refractivity contribution in [2.75, 3.05) is 18.5 Å². The van der Waals surface area contributed by atoms with Gasteiger partial charge in [0, 0.05) is 16.3 Å². The Bertz CT molecular complexity index is 1070. The molecule has 0 saturated heterocycles. The summed E-state index contributed by atoms with van der Waals surface area (Å²) in [7, 11) is 0. The van der Waals surface area contributed by atoms with Crippen molar-refractivity contribution in [3.63, 3.8) is 0 Å². The molecule has 1 aliphatic heterocycles. The number of ether oxygens (including phenoxy) is 1. The molecule has 1 heterocycles. The maximum atomic E-state index is 14.1. The van der Waals surface area contributed by atoms with Crippen LogP contribution in [-0.4, -0.2) is 29.9 Å². The second-order valence-electron chi connectivity index (χ2n) is 6.86. The fraction of sp³-hybridized carbons (Fsp3) is 0.130. The molecule has 152 valence electrons. The van der Waals surface area contributed by atoms with E-state index in [0.717, 1.165) is 5.56 Å². The highest BCUT2D eigenvalue weighted by atomic mass is 35.5. The smallest absolute Gasteiger partial charge is 0.261 e. The molecule has 0 radical (unpaired) electrons. The molecule has 1 aliphatic rings. The molecule has 3 aromatic carbocycles. The number of fused-ring (bicyclic) bond motifs is 1. The normalized spacial score (nSPS) is 15.7. The van der Waals surface area contributed by atoms with Crippen LogP contribution in [0.15, 0.2) is 72.8 Å². The van der Waals surface area contributed by atoms with Crippen LogP contribution in [-0.2, 0) is 9.59 Å².